The number of benzene rings is 2. The average Bonchev–Trinajstić information content (AvgIpc) is 2.79. The molecule has 0 aliphatic carbocycles. The predicted octanol–water partition coefficient (Wildman–Crippen LogP) is 5.25. The summed E-state index contributed by atoms with van der Waals surface area (Å²) in [5, 5.41) is 6.60. The summed E-state index contributed by atoms with van der Waals surface area (Å²) in [6.07, 6.45) is 2.39. The van der Waals surface area contributed by atoms with Gasteiger partial charge in [-0.05, 0) is 81.3 Å². The van der Waals surface area contributed by atoms with Gasteiger partial charge >= 0.3 is 10.5 Å². The largest absolute Gasteiger partial charge is 0.495 e. The van der Waals surface area contributed by atoms with E-state index < -0.39 is 10.5 Å². The van der Waals surface area contributed by atoms with Crippen LogP contribution in [0.1, 0.15) is 30.5 Å². The molecule has 1 aliphatic heterocycles. The molecule has 0 unspecified atom stereocenters. The van der Waals surface area contributed by atoms with Crippen LogP contribution in [0.25, 0.3) is 0 Å². The van der Waals surface area contributed by atoms with Gasteiger partial charge in [-0.2, -0.15) is 13.4 Å². The van der Waals surface area contributed by atoms with Gasteiger partial charge in [-0.15, -0.1) is 0 Å². The lowest BCUT2D eigenvalue weighted by Crippen LogP contribution is -2.44. The number of likely N-dealkylation sites (N-methyl/N-ethyl adjacent to an activating group) is 1. The van der Waals surface area contributed by atoms with Crippen LogP contribution in [0.2, 0.25) is 5.02 Å². The number of halogens is 2. The maximum atomic E-state index is 12.8. The zero-order valence-corrected chi connectivity index (χ0v) is 22.1. The minimum atomic E-state index is -5.11. The van der Waals surface area contributed by atoms with Crippen LogP contribution in [0.5, 0.6) is 11.5 Å². The Kier molecular flexibility index (Phi) is 7.00. The Labute approximate surface area is 215 Å². The first-order valence-corrected chi connectivity index (χ1v) is 12.8. The van der Waals surface area contributed by atoms with Crippen LogP contribution >= 0.6 is 11.6 Å². The molecule has 0 saturated carbocycles. The van der Waals surface area contributed by atoms with Gasteiger partial charge in [-0.1, -0.05) is 15.5 Å². The lowest BCUT2D eigenvalue weighted by atomic mass is 9.83. The van der Waals surface area contributed by atoms with Gasteiger partial charge in [0.2, 0.25) is 5.95 Å². The van der Waals surface area contributed by atoms with Crippen LogP contribution in [0.3, 0.4) is 0 Å². The van der Waals surface area contributed by atoms with E-state index in [4.69, 9.17) is 16.3 Å². The second kappa shape index (κ2) is 9.72. The van der Waals surface area contributed by atoms with Gasteiger partial charge in [-0.3, -0.25) is 4.90 Å². The maximum absolute atomic E-state index is 12.8. The summed E-state index contributed by atoms with van der Waals surface area (Å²) >= 11 is 6.33. The highest BCUT2D eigenvalue weighted by atomic mass is 35.5. The number of anilines is 4. The lowest BCUT2D eigenvalue weighted by molar-refractivity contribution is 0.143. The van der Waals surface area contributed by atoms with Crippen LogP contribution in [0, 0.1) is 6.92 Å². The van der Waals surface area contributed by atoms with Crippen molar-refractivity contribution in [2.45, 2.75) is 32.7 Å². The van der Waals surface area contributed by atoms with Gasteiger partial charge in [0.25, 0.3) is 0 Å². The summed E-state index contributed by atoms with van der Waals surface area (Å²) < 4.78 is 44.2. The standard InChI is InChI=1S/C24H27ClFN5O4S/c1-14-10-16(35-36(26,32)33)6-7-19(14)28-22-18(25)13-27-23(30-22)29-20-12-17-15(11-21(20)34-5)8-9-31(4)24(17,2)3/h6-7,10-13H,8-9H2,1-5H3,(H2,27,28,29,30). The second-order valence-electron chi connectivity index (χ2n) is 9.03. The molecule has 3 aromatic rings. The quantitative estimate of drug-likeness (QED) is 0.392. The molecule has 0 amide bonds. The van der Waals surface area contributed by atoms with Crippen molar-refractivity contribution in [3.63, 3.8) is 0 Å². The van der Waals surface area contributed by atoms with Gasteiger partial charge in [0, 0.05) is 17.8 Å². The van der Waals surface area contributed by atoms with Crippen LogP contribution in [-0.2, 0) is 22.5 Å². The molecule has 1 aliphatic rings. The Hall–Kier alpha value is -3.15. The number of ether oxygens (including phenoxy) is 1. The first-order valence-electron chi connectivity index (χ1n) is 11.1. The zero-order valence-electron chi connectivity index (χ0n) is 20.5. The Balaban J connectivity index is 1.62. The zero-order chi connectivity index (χ0) is 26.3. The molecule has 12 heteroatoms. The minimum absolute atomic E-state index is 0.148. The number of hydrogen-bond acceptors (Lipinski definition) is 9. The summed E-state index contributed by atoms with van der Waals surface area (Å²) in [5.74, 6) is 1.14. The fourth-order valence-corrected chi connectivity index (χ4v) is 4.62. The van der Waals surface area contributed by atoms with E-state index in [0.717, 1.165) is 18.7 Å². The molecule has 9 nitrogen and oxygen atoms in total. The molecule has 2 aromatic carbocycles. The third-order valence-corrected chi connectivity index (χ3v) is 7.06. The van der Waals surface area contributed by atoms with Gasteiger partial charge in [0.15, 0.2) is 5.82 Å². The molecule has 4 rings (SSSR count). The van der Waals surface area contributed by atoms with E-state index in [-0.39, 0.29) is 16.3 Å². The maximum Gasteiger partial charge on any atom is 0.488 e. The predicted molar refractivity (Wildman–Crippen MR) is 138 cm³/mol. The molecule has 1 aromatic heterocycles. The number of rotatable bonds is 7. The van der Waals surface area contributed by atoms with E-state index in [1.165, 1.54) is 35.5 Å². The molecule has 0 spiro atoms. The van der Waals surface area contributed by atoms with E-state index in [2.05, 4.69) is 56.6 Å². The van der Waals surface area contributed by atoms with Gasteiger partial charge in [0.1, 0.15) is 16.5 Å². The second-order valence-corrected chi connectivity index (χ2v) is 10.4. The molecule has 2 N–H and O–H groups in total. The number of aromatic nitrogens is 2. The molecule has 36 heavy (non-hydrogen) atoms. The van der Waals surface area contributed by atoms with Crippen molar-refractivity contribution in [1.29, 1.82) is 0 Å². The summed E-state index contributed by atoms with van der Waals surface area (Å²) in [4.78, 5) is 11.1. The summed E-state index contributed by atoms with van der Waals surface area (Å²) in [6, 6.07) is 8.34. The number of hydrogen-bond donors (Lipinski definition) is 2. The number of nitrogens with one attached hydrogen (secondary N) is 2. The van der Waals surface area contributed by atoms with Crippen molar-refractivity contribution in [1.82, 2.24) is 14.9 Å². The molecule has 0 bridgehead atoms. The third-order valence-electron chi connectivity index (χ3n) is 6.39. The van der Waals surface area contributed by atoms with E-state index in [0.29, 0.717) is 28.8 Å². The minimum Gasteiger partial charge on any atom is -0.495 e. The van der Waals surface area contributed by atoms with Crippen LogP contribution < -0.4 is 19.6 Å². The lowest BCUT2D eigenvalue weighted by Gasteiger charge is -2.42. The Bertz CT molecular complexity index is 1420. The smallest absolute Gasteiger partial charge is 0.488 e. The molecular weight excluding hydrogens is 509 g/mol. The van der Waals surface area contributed by atoms with Crippen LogP contribution in [0.15, 0.2) is 36.5 Å². The Morgan fingerprint density at radius 1 is 1.17 bits per heavy atom. The van der Waals surface area contributed by atoms with Gasteiger partial charge in [-0.25, -0.2) is 4.98 Å². The number of methoxy groups -OCH3 is 1. The SMILES string of the molecule is COc1cc2c(cc1Nc1ncc(Cl)c(Nc3ccc(OS(=O)(=O)F)cc3C)n1)C(C)(C)N(C)CC2. The summed E-state index contributed by atoms with van der Waals surface area (Å²) in [7, 11) is -1.39. The summed E-state index contributed by atoms with van der Waals surface area (Å²) in [5.41, 5.74) is 4.16. The van der Waals surface area contributed by atoms with Crippen molar-refractivity contribution in [3.05, 3.63) is 58.2 Å². The third kappa shape index (κ3) is 5.48. The fraction of sp³-hybridized carbons (Fsp3) is 0.333. The molecule has 0 saturated heterocycles. The van der Waals surface area contributed by atoms with E-state index >= 15 is 0 Å². The highest BCUT2D eigenvalue weighted by Crippen LogP contribution is 2.40. The topological polar surface area (TPSA) is 106 Å². The van der Waals surface area contributed by atoms with Crippen molar-refractivity contribution < 1.29 is 21.2 Å². The van der Waals surface area contributed by atoms with Crippen LogP contribution in [0.4, 0.5) is 27.0 Å². The van der Waals surface area contributed by atoms with Crippen molar-refractivity contribution in [3.8, 4) is 11.5 Å². The normalized spacial score (nSPS) is 15.2. The fourth-order valence-electron chi connectivity index (χ4n) is 4.14. The first kappa shape index (κ1) is 25.9. The number of fused-ring (bicyclic) bond motifs is 1. The molecule has 2 heterocycles. The van der Waals surface area contributed by atoms with E-state index in [9.17, 15) is 12.3 Å². The Morgan fingerprint density at radius 3 is 2.58 bits per heavy atom. The Morgan fingerprint density at radius 2 is 1.92 bits per heavy atom. The molecule has 192 valence electrons. The monoisotopic (exact) mass is 535 g/mol. The molecule has 0 fully saturated rings. The van der Waals surface area contributed by atoms with Crippen molar-refractivity contribution in [2.24, 2.45) is 0 Å². The molecular formula is C24H27ClFN5O4S. The molecule has 0 atom stereocenters. The summed E-state index contributed by atoms with van der Waals surface area (Å²) in [6.45, 7) is 7.03. The van der Waals surface area contributed by atoms with Crippen LogP contribution in [-0.4, -0.2) is 44.0 Å². The van der Waals surface area contributed by atoms with Crippen molar-refractivity contribution in [2.75, 3.05) is 31.3 Å². The van der Waals surface area contributed by atoms with E-state index in [1.54, 1.807) is 14.0 Å². The van der Waals surface area contributed by atoms with Gasteiger partial charge in [0.05, 0.1) is 19.0 Å². The number of aryl methyl sites for hydroxylation is 1. The average molecular weight is 536 g/mol. The number of nitrogens with zero attached hydrogens (tertiary/aromatic N) is 3. The van der Waals surface area contributed by atoms with Crippen molar-refractivity contribution >= 4 is 45.2 Å². The van der Waals surface area contributed by atoms with E-state index in [1.807, 2.05) is 6.07 Å². The highest BCUT2D eigenvalue weighted by Gasteiger charge is 2.33. The highest BCUT2D eigenvalue weighted by molar-refractivity contribution is 7.81. The first-order chi connectivity index (χ1) is 16.9. The van der Waals surface area contributed by atoms with Gasteiger partial charge < -0.3 is 19.6 Å². The molecule has 0 radical (unpaired) electrons.